The van der Waals surface area contributed by atoms with Crippen LogP contribution in [-0.4, -0.2) is 5.90 Å². The number of halogens is 2. The zero-order valence-corrected chi connectivity index (χ0v) is 18.0. The maximum atomic E-state index is 15.0. The molecule has 1 N–H and O–H groups in total. The lowest BCUT2D eigenvalue weighted by Crippen LogP contribution is -2.58. The van der Waals surface area contributed by atoms with Gasteiger partial charge in [0.05, 0.1) is 24.1 Å². The van der Waals surface area contributed by atoms with Gasteiger partial charge in [0.1, 0.15) is 11.9 Å². The summed E-state index contributed by atoms with van der Waals surface area (Å²) in [5, 5.41) is 39.5. The lowest BCUT2D eigenvalue weighted by atomic mass is 9.52. The Morgan fingerprint density at radius 3 is 2.35 bits per heavy atom. The number of nitriles is 3. The molecule has 0 amide bonds. The molecule has 2 fully saturated rings. The molecule has 2 aromatic rings. The standard InChI is InChI=1S/C23H16BrFN4O2/c1-2-18-22(13-28)20(29)31-23(18,14-6-4-3-5-7-14)30-19(21(22,11-26)12-27)16-10-15(24)8-9-17(16)25/h3-10,18-19,29H,2H2,1H3. The molecule has 2 aliphatic rings. The lowest BCUT2D eigenvalue weighted by Gasteiger charge is -2.49. The normalized spacial score (nSPS) is 30.5. The predicted molar refractivity (Wildman–Crippen MR) is 110 cm³/mol. The first-order valence-electron chi connectivity index (χ1n) is 9.57. The maximum Gasteiger partial charge on any atom is 0.244 e. The number of hydrogen-bond acceptors (Lipinski definition) is 6. The van der Waals surface area contributed by atoms with Crippen LogP contribution in [0.25, 0.3) is 0 Å². The minimum absolute atomic E-state index is 0.0646. The minimum Gasteiger partial charge on any atom is -0.443 e. The van der Waals surface area contributed by atoms with E-state index in [4.69, 9.17) is 14.9 Å². The molecule has 2 heterocycles. The van der Waals surface area contributed by atoms with Crippen LogP contribution in [0, 0.1) is 62.0 Å². The number of benzene rings is 2. The Hall–Kier alpha value is -3.25. The summed E-state index contributed by atoms with van der Waals surface area (Å²) in [5.41, 5.74) is -3.71. The molecule has 6 nitrogen and oxygen atoms in total. The van der Waals surface area contributed by atoms with Crippen LogP contribution in [0.15, 0.2) is 53.0 Å². The molecule has 0 aliphatic carbocycles. The van der Waals surface area contributed by atoms with E-state index in [1.807, 2.05) is 12.1 Å². The molecule has 31 heavy (non-hydrogen) atoms. The van der Waals surface area contributed by atoms with Gasteiger partial charge in [-0.15, -0.1) is 0 Å². The van der Waals surface area contributed by atoms with Crippen LogP contribution in [-0.2, 0) is 15.3 Å². The third-order valence-electron chi connectivity index (χ3n) is 6.26. The molecule has 0 aromatic heterocycles. The number of rotatable bonds is 3. The molecule has 4 atom stereocenters. The summed E-state index contributed by atoms with van der Waals surface area (Å²) in [5.74, 6) is -3.68. The van der Waals surface area contributed by atoms with Gasteiger partial charge in [-0.1, -0.05) is 53.2 Å². The quantitative estimate of drug-likeness (QED) is 0.659. The summed E-state index contributed by atoms with van der Waals surface area (Å²) in [6, 6.07) is 18.8. The largest absolute Gasteiger partial charge is 0.443 e. The van der Waals surface area contributed by atoms with Crippen LogP contribution in [0.2, 0.25) is 0 Å². The maximum absolute atomic E-state index is 15.0. The second-order valence-electron chi connectivity index (χ2n) is 7.54. The number of fused-ring (bicyclic) bond motifs is 2. The van der Waals surface area contributed by atoms with Crippen LogP contribution in [0.3, 0.4) is 0 Å². The topological polar surface area (TPSA) is 114 Å². The summed E-state index contributed by atoms with van der Waals surface area (Å²) < 4.78 is 27.8. The molecule has 0 saturated carbocycles. The highest BCUT2D eigenvalue weighted by Gasteiger charge is 2.80. The van der Waals surface area contributed by atoms with Gasteiger partial charge in [-0.05, 0) is 24.6 Å². The van der Waals surface area contributed by atoms with Crippen LogP contribution >= 0.6 is 15.9 Å². The Kier molecular flexibility index (Phi) is 4.85. The third kappa shape index (κ3) is 2.45. The zero-order chi connectivity index (χ0) is 22.4. The van der Waals surface area contributed by atoms with Crippen molar-refractivity contribution in [1.82, 2.24) is 0 Å². The van der Waals surface area contributed by atoms with Gasteiger partial charge in [-0.25, -0.2) is 4.39 Å². The average molecular weight is 479 g/mol. The Balaban J connectivity index is 2.10. The molecule has 2 aromatic carbocycles. The van der Waals surface area contributed by atoms with E-state index in [1.165, 1.54) is 18.2 Å². The van der Waals surface area contributed by atoms with Crippen molar-refractivity contribution in [3.8, 4) is 18.2 Å². The first-order valence-corrected chi connectivity index (χ1v) is 10.4. The van der Waals surface area contributed by atoms with E-state index in [0.29, 0.717) is 10.0 Å². The van der Waals surface area contributed by atoms with E-state index in [0.717, 1.165) is 0 Å². The number of ether oxygens (including phenoxy) is 2. The highest BCUT2D eigenvalue weighted by molar-refractivity contribution is 9.10. The van der Waals surface area contributed by atoms with Gasteiger partial charge < -0.3 is 9.47 Å². The fourth-order valence-electron chi connectivity index (χ4n) is 4.90. The van der Waals surface area contributed by atoms with E-state index in [2.05, 4.69) is 22.0 Å². The molecule has 2 saturated heterocycles. The van der Waals surface area contributed by atoms with Crippen LogP contribution in [0.5, 0.6) is 0 Å². The Morgan fingerprint density at radius 1 is 1.10 bits per heavy atom. The highest BCUT2D eigenvalue weighted by Crippen LogP contribution is 2.70. The molecular formula is C23H16BrFN4O2. The molecule has 0 radical (unpaired) electrons. The average Bonchev–Trinajstić information content (AvgIpc) is 3.00. The first-order chi connectivity index (χ1) is 14.9. The third-order valence-corrected chi connectivity index (χ3v) is 6.75. The van der Waals surface area contributed by atoms with Crippen molar-refractivity contribution in [3.63, 3.8) is 0 Å². The molecule has 2 bridgehead atoms. The van der Waals surface area contributed by atoms with E-state index >= 15 is 0 Å². The monoisotopic (exact) mass is 478 g/mol. The Labute approximate surface area is 187 Å². The van der Waals surface area contributed by atoms with Crippen molar-refractivity contribution in [3.05, 3.63) is 69.9 Å². The van der Waals surface area contributed by atoms with Gasteiger partial charge in [0.15, 0.2) is 5.41 Å². The van der Waals surface area contributed by atoms with Crippen LogP contribution in [0.4, 0.5) is 4.39 Å². The summed E-state index contributed by atoms with van der Waals surface area (Å²) in [6.07, 6.45) is -1.20. The molecule has 8 heteroatoms. The van der Waals surface area contributed by atoms with Crippen LogP contribution in [0.1, 0.15) is 30.6 Å². The first kappa shape index (κ1) is 21.0. The second-order valence-corrected chi connectivity index (χ2v) is 8.46. The van der Waals surface area contributed by atoms with E-state index in [1.54, 1.807) is 37.3 Å². The number of nitrogens with one attached hydrogen (secondary N) is 1. The fraction of sp³-hybridized carbons (Fsp3) is 0.304. The SMILES string of the molecule is CCC1C2(c3ccccc3)OC(=N)C1(C#N)C(C#N)(C#N)C(c1cc(Br)ccc1F)O2. The van der Waals surface area contributed by atoms with E-state index in [9.17, 15) is 20.2 Å². The second kappa shape index (κ2) is 7.17. The Morgan fingerprint density at radius 2 is 1.77 bits per heavy atom. The van der Waals surface area contributed by atoms with Crippen molar-refractivity contribution in [2.24, 2.45) is 16.7 Å². The zero-order valence-electron chi connectivity index (χ0n) is 16.4. The molecule has 0 spiro atoms. The van der Waals surface area contributed by atoms with Crippen molar-refractivity contribution in [2.75, 3.05) is 0 Å². The molecule has 4 unspecified atom stereocenters. The summed E-state index contributed by atoms with van der Waals surface area (Å²) in [7, 11) is 0. The van der Waals surface area contributed by atoms with Gasteiger partial charge in [0, 0.05) is 15.6 Å². The number of nitrogens with zero attached hydrogens (tertiary/aromatic N) is 3. The van der Waals surface area contributed by atoms with Crippen molar-refractivity contribution in [1.29, 1.82) is 21.2 Å². The van der Waals surface area contributed by atoms with Crippen LogP contribution < -0.4 is 0 Å². The predicted octanol–water partition coefficient (Wildman–Crippen LogP) is 5.09. The summed E-state index contributed by atoms with van der Waals surface area (Å²) in [4.78, 5) is 0. The van der Waals surface area contributed by atoms with E-state index in [-0.39, 0.29) is 12.0 Å². The highest BCUT2D eigenvalue weighted by atomic mass is 79.9. The molecular weight excluding hydrogens is 463 g/mol. The van der Waals surface area contributed by atoms with Gasteiger partial charge in [-0.2, -0.15) is 15.8 Å². The molecule has 154 valence electrons. The van der Waals surface area contributed by atoms with Gasteiger partial charge in [0.2, 0.25) is 17.1 Å². The van der Waals surface area contributed by atoms with Crippen molar-refractivity contribution < 1.29 is 13.9 Å². The molecule has 4 rings (SSSR count). The number of hydrogen-bond donors (Lipinski definition) is 1. The van der Waals surface area contributed by atoms with Gasteiger partial charge >= 0.3 is 0 Å². The fourth-order valence-corrected chi connectivity index (χ4v) is 5.28. The Bertz CT molecular complexity index is 1180. The van der Waals surface area contributed by atoms with Gasteiger partial charge in [-0.3, -0.25) is 5.41 Å². The summed E-state index contributed by atoms with van der Waals surface area (Å²) in [6.45, 7) is 1.78. The lowest BCUT2D eigenvalue weighted by molar-refractivity contribution is -0.293. The van der Waals surface area contributed by atoms with Gasteiger partial charge in [0.25, 0.3) is 0 Å². The summed E-state index contributed by atoms with van der Waals surface area (Å²) >= 11 is 3.29. The van der Waals surface area contributed by atoms with Crippen molar-refractivity contribution >= 4 is 21.8 Å². The smallest absolute Gasteiger partial charge is 0.244 e. The molecule has 2 aliphatic heterocycles. The minimum atomic E-state index is -2.21. The van der Waals surface area contributed by atoms with E-state index < -0.39 is 40.4 Å². The van der Waals surface area contributed by atoms with Crippen molar-refractivity contribution in [2.45, 2.75) is 25.2 Å².